The summed E-state index contributed by atoms with van der Waals surface area (Å²) in [6, 6.07) is 6.07. The summed E-state index contributed by atoms with van der Waals surface area (Å²) in [7, 11) is -3.51. The van der Waals surface area contributed by atoms with E-state index in [1.165, 1.54) is 12.1 Å². The van der Waals surface area contributed by atoms with Crippen molar-refractivity contribution in [1.29, 1.82) is 0 Å². The van der Waals surface area contributed by atoms with Crippen LogP contribution in [0, 0.1) is 5.92 Å². The predicted molar refractivity (Wildman–Crippen MR) is 77.2 cm³/mol. The van der Waals surface area contributed by atoms with E-state index in [0.29, 0.717) is 10.9 Å². The van der Waals surface area contributed by atoms with Crippen molar-refractivity contribution in [3.63, 3.8) is 0 Å². The van der Waals surface area contributed by atoms with Crippen LogP contribution in [0.3, 0.4) is 0 Å². The largest absolute Gasteiger partial charge is 0.391 e. The SMILES string of the molecule is CC(C)CNCC(O)CS(=O)(=O)c1cccc(Cl)c1. The van der Waals surface area contributed by atoms with Gasteiger partial charge >= 0.3 is 0 Å². The van der Waals surface area contributed by atoms with Crippen molar-refractivity contribution < 1.29 is 13.5 Å². The fraction of sp³-hybridized carbons (Fsp3) is 0.538. The van der Waals surface area contributed by atoms with Crippen LogP contribution in [-0.4, -0.2) is 38.5 Å². The van der Waals surface area contributed by atoms with Gasteiger partial charge in [-0.3, -0.25) is 0 Å². The molecule has 1 rings (SSSR count). The first kappa shape index (κ1) is 16.4. The van der Waals surface area contributed by atoms with Crippen LogP contribution in [0.15, 0.2) is 29.2 Å². The minimum absolute atomic E-state index is 0.142. The molecule has 0 bridgehead atoms. The Morgan fingerprint density at radius 1 is 1.32 bits per heavy atom. The Morgan fingerprint density at radius 2 is 2.00 bits per heavy atom. The lowest BCUT2D eigenvalue weighted by Gasteiger charge is -2.13. The Labute approximate surface area is 119 Å². The Hall–Kier alpha value is -0.620. The maximum atomic E-state index is 12.0. The van der Waals surface area contributed by atoms with Crippen molar-refractivity contribution in [2.75, 3.05) is 18.8 Å². The molecule has 0 saturated heterocycles. The fourth-order valence-corrected chi connectivity index (χ4v) is 3.27. The quantitative estimate of drug-likeness (QED) is 0.805. The Balaban J connectivity index is 2.59. The smallest absolute Gasteiger partial charge is 0.181 e. The highest BCUT2D eigenvalue weighted by Crippen LogP contribution is 2.17. The molecule has 0 aliphatic carbocycles. The first-order chi connectivity index (χ1) is 8.81. The molecule has 1 unspecified atom stereocenters. The van der Waals surface area contributed by atoms with Gasteiger partial charge < -0.3 is 10.4 Å². The number of rotatable bonds is 7. The average Bonchev–Trinajstić information content (AvgIpc) is 2.27. The molecule has 1 aromatic rings. The normalized spacial score (nSPS) is 13.7. The summed E-state index contributed by atoms with van der Waals surface area (Å²) in [5, 5.41) is 13.2. The molecule has 0 fully saturated rings. The summed E-state index contributed by atoms with van der Waals surface area (Å²) in [5.41, 5.74) is 0. The van der Waals surface area contributed by atoms with Crippen LogP contribution in [0.25, 0.3) is 0 Å². The Kier molecular flexibility index (Phi) is 6.26. The molecule has 1 atom stereocenters. The Bertz CT molecular complexity index is 502. The zero-order valence-corrected chi connectivity index (χ0v) is 12.7. The molecule has 0 radical (unpaired) electrons. The van der Waals surface area contributed by atoms with Gasteiger partial charge in [-0.05, 0) is 30.7 Å². The summed E-state index contributed by atoms with van der Waals surface area (Å²) in [6.45, 7) is 5.09. The van der Waals surface area contributed by atoms with Crippen LogP contribution in [0.2, 0.25) is 5.02 Å². The molecule has 0 aliphatic rings. The monoisotopic (exact) mass is 305 g/mol. The lowest BCUT2D eigenvalue weighted by Crippen LogP contribution is -2.34. The van der Waals surface area contributed by atoms with Crippen molar-refractivity contribution in [3.05, 3.63) is 29.3 Å². The standard InChI is InChI=1S/C13H20ClNO3S/c1-10(2)7-15-8-12(16)9-19(17,18)13-5-3-4-11(14)6-13/h3-6,10,12,15-16H,7-9H2,1-2H3. The number of hydrogen-bond donors (Lipinski definition) is 2. The lowest BCUT2D eigenvalue weighted by molar-refractivity contribution is 0.192. The van der Waals surface area contributed by atoms with Gasteiger partial charge in [0.25, 0.3) is 0 Å². The Morgan fingerprint density at radius 3 is 2.58 bits per heavy atom. The highest BCUT2D eigenvalue weighted by Gasteiger charge is 2.19. The van der Waals surface area contributed by atoms with E-state index >= 15 is 0 Å². The molecule has 1 aromatic carbocycles. The van der Waals surface area contributed by atoms with Crippen LogP contribution in [0.5, 0.6) is 0 Å². The van der Waals surface area contributed by atoms with Gasteiger partial charge in [0.05, 0.1) is 16.8 Å². The van der Waals surface area contributed by atoms with E-state index in [0.717, 1.165) is 6.54 Å². The number of sulfone groups is 1. The number of benzene rings is 1. The van der Waals surface area contributed by atoms with Gasteiger partial charge in [-0.15, -0.1) is 0 Å². The number of aliphatic hydroxyl groups excluding tert-OH is 1. The molecule has 0 aromatic heterocycles. The van der Waals surface area contributed by atoms with E-state index in [-0.39, 0.29) is 17.2 Å². The summed E-state index contributed by atoms with van der Waals surface area (Å²) in [6.07, 6.45) is -0.928. The number of hydrogen-bond acceptors (Lipinski definition) is 4. The van der Waals surface area contributed by atoms with E-state index in [9.17, 15) is 13.5 Å². The minimum Gasteiger partial charge on any atom is -0.391 e. The molecule has 0 saturated carbocycles. The van der Waals surface area contributed by atoms with E-state index in [4.69, 9.17) is 11.6 Å². The third-order valence-electron chi connectivity index (χ3n) is 2.50. The van der Waals surface area contributed by atoms with Gasteiger partial charge in [-0.2, -0.15) is 0 Å². The summed E-state index contributed by atoms with van der Waals surface area (Å²) in [4.78, 5) is 0.142. The van der Waals surface area contributed by atoms with Crippen LogP contribution in [-0.2, 0) is 9.84 Å². The van der Waals surface area contributed by atoms with Crippen molar-refractivity contribution >= 4 is 21.4 Å². The third-order valence-corrected chi connectivity index (χ3v) is 4.53. The lowest BCUT2D eigenvalue weighted by atomic mass is 10.2. The zero-order chi connectivity index (χ0) is 14.5. The van der Waals surface area contributed by atoms with E-state index in [1.807, 2.05) is 13.8 Å². The maximum Gasteiger partial charge on any atom is 0.181 e. The highest BCUT2D eigenvalue weighted by molar-refractivity contribution is 7.91. The van der Waals surface area contributed by atoms with Gasteiger partial charge in [0.1, 0.15) is 0 Å². The molecule has 0 aliphatic heterocycles. The van der Waals surface area contributed by atoms with Crippen molar-refractivity contribution in [2.24, 2.45) is 5.92 Å². The van der Waals surface area contributed by atoms with Crippen molar-refractivity contribution in [1.82, 2.24) is 5.32 Å². The molecule has 19 heavy (non-hydrogen) atoms. The molecular formula is C13H20ClNO3S. The maximum absolute atomic E-state index is 12.0. The third kappa shape index (κ3) is 5.91. The van der Waals surface area contributed by atoms with Crippen LogP contribution < -0.4 is 5.32 Å². The van der Waals surface area contributed by atoms with Gasteiger partial charge in [0.15, 0.2) is 9.84 Å². The first-order valence-corrected chi connectivity index (χ1v) is 8.21. The number of aliphatic hydroxyl groups is 1. The second kappa shape index (κ2) is 7.24. The van der Waals surface area contributed by atoms with Crippen LogP contribution >= 0.6 is 11.6 Å². The molecule has 0 amide bonds. The fourth-order valence-electron chi connectivity index (χ4n) is 1.61. The first-order valence-electron chi connectivity index (χ1n) is 6.18. The second-order valence-electron chi connectivity index (χ2n) is 4.94. The molecular weight excluding hydrogens is 286 g/mol. The highest BCUT2D eigenvalue weighted by atomic mass is 35.5. The number of halogens is 1. The summed E-state index contributed by atoms with van der Waals surface area (Å²) < 4.78 is 24.1. The van der Waals surface area contributed by atoms with Crippen molar-refractivity contribution in [2.45, 2.75) is 24.8 Å². The van der Waals surface area contributed by atoms with Crippen molar-refractivity contribution in [3.8, 4) is 0 Å². The molecule has 0 spiro atoms. The van der Waals surface area contributed by atoms with Crippen LogP contribution in [0.1, 0.15) is 13.8 Å². The topological polar surface area (TPSA) is 66.4 Å². The molecule has 2 N–H and O–H groups in total. The van der Waals surface area contributed by atoms with Gasteiger partial charge in [0, 0.05) is 11.6 Å². The summed E-state index contributed by atoms with van der Waals surface area (Å²) >= 11 is 5.77. The second-order valence-corrected chi connectivity index (χ2v) is 7.42. The molecule has 4 nitrogen and oxygen atoms in total. The average molecular weight is 306 g/mol. The zero-order valence-electron chi connectivity index (χ0n) is 11.1. The minimum atomic E-state index is -3.51. The predicted octanol–water partition coefficient (Wildman–Crippen LogP) is 1.72. The summed E-state index contributed by atoms with van der Waals surface area (Å²) in [5.74, 6) is 0.148. The number of nitrogens with one attached hydrogen (secondary N) is 1. The molecule has 0 heterocycles. The van der Waals surface area contributed by atoms with E-state index in [2.05, 4.69) is 5.32 Å². The van der Waals surface area contributed by atoms with Gasteiger partial charge in [0.2, 0.25) is 0 Å². The van der Waals surface area contributed by atoms with E-state index < -0.39 is 15.9 Å². The van der Waals surface area contributed by atoms with Crippen LogP contribution in [0.4, 0.5) is 0 Å². The molecule has 108 valence electrons. The van der Waals surface area contributed by atoms with Gasteiger partial charge in [-0.1, -0.05) is 31.5 Å². The van der Waals surface area contributed by atoms with Gasteiger partial charge in [-0.25, -0.2) is 8.42 Å². The van der Waals surface area contributed by atoms with E-state index in [1.54, 1.807) is 12.1 Å². The molecule has 6 heteroatoms.